The maximum atomic E-state index is 11.8. The van der Waals surface area contributed by atoms with Crippen molar-refractivity contribution in [1.82, 2.24) is 10.2 Å². The molecule has 0 aromatic heterocycles. The molecule has 4 rings (SSSR count). The molecule has 1 aromatic carbocycles. The van der Waals surface area contributed by atoms with Gasteiger partial charge in [-0.05, 0) is 75.5 Å². The predicted octanol–water partition coefficient (Wildman–Crippen LogP) is 2.50. The highest BCUT2D eigenvalue weighted by Crippen LogP contribution is 2.55. The first kappa shape index (κ1) is 16.1. The van der Waals surface area contributed by atoms with Crippen LogP contribution in [0.4, 0.5) is 0 Å². The zero-order valence-corrected chi connectivity index (χ0v) is 14.8. The number of nitrogens with one attached hydrogen (secondary N) is 1. The van der Waals surface area contributed by atoms with Gasteiger partial charge in [-0.2, -0.15) is 0 Å². The largest absolute Gasteiger partial charge is 0.426 e. The third kappa shape index (κ3) is 2.47. The van der Waals surface area contributed by atoms with Gasteiger partial charge in [-0.3, -0.25) is 4.79 Å². The number of rotatable bonds is 3. The Labute approximate surface area is 144 Å². The summed E-state index contributed by atoms with van der Waals surface area (Å²) in [6.07, 6.45) is 7.72. The molecule has 3 aliphatic rings. The van der Waals surface area contributed by atoms with Crippen LogP contribution in [0.2, 0.25) is 0 Å². The van der Waals surface area contributed by atoms with Gasteiger partial charge in [0.15, 0.2) is 0 Å². The smallest absolute Gasteiger partial charge is 0.325 e. The Morgan fingerprint density at radius 3 is 3.08 bits per heavy atom. The summed E-state index contributed by atoms with van der Waals surface area (Å²) < 4.78 is 5.54. The van der Waals surface area contributed by atoms with Crippen LogP contribution in [0.5, 0.6) is 5.75 Å². The molecule has 1 N–H and O–H groups in total. The second-order valence-electron chi connectivity index (χ2n) is 7.83. The second-order valence-corrected chi connectivity index (χ2v) is 7.83. The molecule has 0 spiro atoms. The van der Waals surface area contributed by atoms with Crippen molar-refractivity contribution < 1.29 is 9.53 Å². The van der Waals surface area contributed by atoms with Crippen LogP contribution >= 0.6 is 0 Å². The predicted molar refractivity (Wildman–Crippen MR) is 94.4 cm³/mol. The molecule has 2 aliphatic carbocycles. The maximum Gasteiger partial charge on any atom is 0.325 e. The van der Waals surface area contributed by atoms with Crippen molar-refractivity contribution in [1.29, 1.82) is 0 Å². The summed E-state index contributed by atoms with van der Waals surface area (Å²) in [7, 11) is 4.06. The highest BCUT2D eigenvalue weighted by Gasteiger charge is 2.53. The molecule has 4 nitrogen and oxygen atoms in total. The Bertz CT molecular complexity index is 645. The molecule has 2 fully saturated rings. The summed E-state index contributed by atoms with van der Waals surface area (Å²) in [6, 6.07) is 7.05. The first-order chi connectivity index (χ1) is 11.6. The molecule has 4 heteroatoms. The van der Waals surface area contributed by atoms with Gasteiger partial charge in [0.2, 0.25) is 0 Å². The molecule has 1 aliphatic heterocycles. The van der Waals surface area contributed by atoms with E-state index in [4.69, 9.17) is 4.74 Å². The Morgan fingerprint density at radius 1 is 1.38 bits per heavy atom. The lowest BCUT2D eigenvalue weighted by Gasteiger charge is -2.58. The number of fused-ring (bicyclic) bond motifs is 1. The van der Waals surface area contributed by atoms with E-state index in [0.29, 0.717) is 17.2 Å². The topological polar surface area (TPSA) is 41.6 Å². The van der Waals surface area contributed by atoms with Crippen LogP contribution in [0, 0.1) is 5.92 Å². The third-order valence-corrected chi connectivity index (χ3v) is 6.64. The molecule has 1 aromatic rings. The number of benzene rings is 1. The monoisotopic (exact) mass is 328 g/mol. The zero-order valence-electron chi connectivity index (χ0n) is 14.8. The number of piperidine rings is 1. The van der Waals surface area contributed by atoms with Crippen molar-refractivity contribution in [2.75, 3.05) is 27.2 Å². The minimum absolute atomic E-state index is 0.216. The van der Waals surface area contributed by atoms with E-state index in [1.165, 1.54) is 49.8 Å². The minimum Gasteiger partial charge on any atom is -0.426 e. The van der Waals surface area contributed by atoms with Crippen molar-refractivity contribution >= 4 is 5.97 Å². The SMILES string of the molecule is CNCC(=O)Oc1ccc2c(c1)C13CCCCC1C(C2)N(C)CC3. The van der Waals surface area contributed by atoms with Crippen LogP contribution in [0.1, 0.15) is 43.2 Å². The fourth-order valence-electron chi connectivity index (χ4n) is 5.55. The van der Waals surface area contributed by atoms with Crippen LogP contribution in [0.25, 0.3) is 0 Å². The number of carbonyl (C=O) groups excluding carboxylic acids is 1. The van der Waals surface area contributed by atoms with Gasteiger partial charge in [0.25, 0.3) is 0 Å². The quantitative estimate of drug-likeness (QED) is 0.684. The molecule has 1 heterocycles. The Balaban J connectivity index is 1.72. The van der Waals surface area contributed by atoms with Crippen molar-refractivity contribution in [2.24, 2.45) is 5.92 Å². The molecular formula is C20H28N2O2. The van der Waals surface area contributed by atoms with E-state index >= 15 is 0 Å². The number of esters is 1. The number of nitrogens with zero attached hydrogens (tertiary/aromatic N) is 1. The number of likely N-dealkylation sites (N-methyl/N-ethyl adjacent to an activating group) is 2. The van der Waals surface area contributed by atoms with Gasteiger partial charge in [-0.1, -0.05) is 18.9 Å². The molecule has 24 heavy (non-hydrogen) atoms. The molecule has 3 atom stereocenters. The third-order valence-electron chi connectivity index (χ3n) is 6.64. The Morgan fingerprint density at radius 2 is 2.25 bits per heavy atom. The number of likely N-dealkylation sites (tertiary alicyclic amines) is 1. The molecule has 3 unspecified atom stereocenters. The fourth-order valence-corrected chi connectivity index (χ4v) is 5.55. The van der Waals surface area contributed by atoms with Crippen molar-refractivity contribution in [3.05, 3.63) is 29.3 Å². The second kappa shape index (κ2) is 6.16. The van der Waals surface area contributed by atoms with Crippen molar-refractivity contribution in [2.45, 2.75) is 50.0 Å². The van der Waals surface area contributed by atoms with Crippen molar-refractivity contribution in [3.63, 3.8) is 0 Å². The van der Waals surface area contributed by atoms with Gasteiger partial charge < -0.3 is 15.0 Å². The molecule has 130 valence electrons. The summed E-state index contributed by atoms with van der Waals surface area (Å²) in [4.78, 5) is 14.4. The van der Waals surface area contributed by atoms with Gasteiger partial charge >= 0.3 is 5.97 Å². The number of hydrogen-bond acceptors (Lipinski definition) is 4. The van der Waals surface area contributed by atoms with Gasteiger partial charge in [-0.25, -0.2) is 0 Å². The van der Waals surface area contributed by atoms with E-state index in [2.05, 4.69) is 29.4 Å². The molecule has 0 radical (unpaired) electrons. The van der Waals surface area contributed by atoms with E-state index in [1.807, 2.05) is 6.07 Å². The summed E-state index contributed by atoms with van der Waals surface area (Å²) in [5, 5.41) is 2.85. The fraction of sp³-hybridized carbons (Fsp3) is 0.650. The Hall–Kier alpha value is -1.39. The average molecular weight is 328 g/mol. The highest BCUT2D eigenvalue weighted by atomic mass is 16.5. The van der Waals surface area contributed by atoms with E-state index in [-0.39, 0.29) is 12.5 Å². The molecule has 0 amide bonds. The Kier molecular flexibility index (Phi) is 4.13. The number of hydrogen-bond donors (Lipinski definition) is 1. The van der Waals surface area contributed by atoms with Crippen molar-refractivity contribution in [3.8, 4) is 5.75 Å². The van der Waals surface area contributed by atoms with E-state index < -0.39 is 0 Å². The normalized spacial score (nSPS) is 31.9. The van der Waals surface area contributed by atoms with Gasteiger partial charge in [0, 0.05) is 11.5 Å². The van der Waals surface area contributed by atoms with E-state index in [1.54, 1.807) is 7.05 Å². The first-order valence-corrected chi connectivity index (χ1v) is 9.33. The van der Waals surface area contributed by atoms with Crippen LogP contribution in [-0.2, 0) is 16.6 Å². The summed E-state index contributed by atoms with van der Waals surface area (Å²) in [5.74, 6) is 1.26. The number of carbonyl (C=O) groups is 1. The molecule has 1 saturated carbocycles. The lowest BCUT2D eigenvalue weighted by Crippen LogP contribution is -2.59. The highest BCUT2D eigenvalue weighted by molar-refractivity contribution is 5.74. The minimum atomic E-state index is -0.216. The van der Waals surface area contributed by atoms with Crippen LogP contribution in [-0.4, -0.2) is 44.1 Å². The van der Waals surface area contributed by atoms with Crippen LogP contribution in [0.15, 0.2) is 18.2 Å². The van der Waals surface area contributed by atoms with E-state index in [9.17, 15) is 4.79 Å². The van der Waals surface area contributed by atoms with E-state index in [0.717, 1.165) is 12.3 Å². The standard InChI is InChI=1S/C20H28N2O2/c1-21-13-19(23)24-15-7-6-14-11-18-16-5-3-4-8-20(16,17(14)12-15)9-10-22(18)2/h6-7,12,16,18,21H,3-5,8-11,13H2,1-2H3. The summed E-state index contributed by atoms with van der Waals surface area (Å²) >= 11 is 0. The molecular weight excluding hydrogens is 300 g/mol. The first-order valence-electron chi connectivity index (χ1n) is 9.33. The maximum absolute atomic E-state index is 11.8. The molecule has 1 saturated heterocycles. The lowest BCUT2D eigenvalue weighted by molar-refractivity contribution is -0.133. The van der Waals surface area contributed by atoms with Gasteiger partial charge in [0.1, 0.15) is 5.75 Å². The van der Waals surface area contributed by atoms with Crippen LogP contribution < -0.4 is 10.1 Å². The average Bonchev–Trinajstić information content (AvgIpc) is 2.59. The summed E-state index contributed by atoms with van der Waals surface area (Å²) in [6.45, 7) is 1.43. The molecule has 2 bridgehead atoms. The zero-order chi connectivity index (χ0) is 16.7. The summed E-state index contributed by atoms with van der Waals surface area (Å²) in [5.41, 5.74) is 3.26. The van der Waals surface area contributed by atoms with Gasteiger partial charge in [0.05, 0.1) is 6.54 Å². The van der Waals surface area contributed by atoms with Gasteiger partial charge in [-0.15, -0.1) is 0 Å². The number of ether oxygens (including phenoxy) is 1. The lowest BCUT2D eigenvalue weighted by atomic mass is 9.52. The van der Waals surface area contributed by atoms with Crippen LogP contribution in [0.3, 0.4) is 0 Å².